The SMILES string of the molecule is Cc1ccc(C(/C=C/c2ccc(CN(C)C(=O)c3ccccc3C=O)c(C(F)(F)F)c2)C(F)(F)F)cc1Cl. The molecule has 0 radical (unpaired) electrons. The third-order valence-corrected chi connectivity index (χ3v) is 6.31. The Hall–Kier alpha value is -3.59. The molecule has 0 fully saturated rings. The van der Waals surface area contributed by atoms with Gasteiger partial charge in [-0.05, 0) is 47.4 Å². The Kier molecular flexibility index (Phi) is 8.72. The molecule has 0 N–H and O–H groups in total. The van der Waals surface area contributed by atoms with E-state index in [9.17, 15) is 35.9 Å². The number of carbonyl (C=O) groups is 2. The molecule has 1 unspecified atom stereocenters. The van der Waals surface area contributed by atoms with E-state index >= 15 is 0 Å². The van der Waals surface area contributed by atoms with Gasteiger partial charge in [0.1, 0.15) is 0 Å². The number of aryl methyl sites for hydroxylation is 1. The summed E-state index contributed by atoms with van der Waals surface area (Å²) in [7, 11) is 1.29. The Bertz CT molecular complexity index is 1360. The first-order chi connectivity index (χ1) is 17.7. The lowest BCUT2D eigenvalue weighted by Gasteiger charge is -2.21. The highest BCUT2D eigenvalue weighted by Crippen LogP contribution is 2.38. The molecule has 38 heavy (non-hydrogen) atoms. The molecule has 0 saturated carbocycles. The standard InChI is InChI=1S/C28H22ClF6NO2/c1-17-7-10-19(14-25(17)29)23(27(30,31)32)12-9-18-8-11-20(24(13-18)28(33,34)35)15-36(2)26(38)22-6-4-3-5-21(22)16-37/h3-14,16,23H,15H2,1-2H3/b12-9+. The van der Waals surface area contributed by atoms with Gasteiger partial charge in [0.25, 0.3) is 5.91 Å². The van der Waals surface area contributed by atoms with Crippen LogP contribution in [0.1, 0.15) is 54.5 Å². The van der Waals surface area contributed by atoms with Crippen LogP contribution in [-0.2, 0) is 12.7 Å². The topological polar surface area (TPSA) is 37.4 Å². The van der Waals surface area contributed by atoms with Crippen molar-refractivity contribution in [1.82, 2.24) is 4.90 Å². The predicted molar refractivity (Wildman–Crippen MR) is 133 cm³/mol. The van der Waals surface area contributed by atoms with E-state index in [4.69, 9.17) is 11.6 Å². The molecule has 10 heteroatoms. The van der Waals surface area contributed by atoms with Crippen LogP contribution in [0.5, 0.6) is 0 Å². The minimum absolute atomic E-state index is 0.0347. The number of hydrogen-bond donors (Lipinski definition) is 0. The zero-order valence-corrected chi connectivity index (χ0v) is 21.0. The molecular weight excluding hydrogens is 532 g/mol. The molecule has 0 aliphatic heterocycles. The predicted octanol–water partition coefficient (Wildman–Crippen LogP) is 8.11. The molecule has 0 aliphatic rings. The molecule has 3 nitrogen and oxygen atoms in total. The van der Waals surface area contributed by atoms with Crippen LogP contribution in [0, 0.1) is 6.92 Å². The summed E-state index contributed by atoms with van der Waals surface area (Å²) in [4.78, 5) is 25.0. The van der Waals surface area contributed by atoms with Crippen molar-refractivity contribution >= 4 is 29.9 Å². The second kappa shape index (κ2) is 11.4. The minimum Gasteiger partial charge on any atom is -0.337 e. The van der Waals surface area contributed by atoms with Gasteiger partial charge in [0.2, 0.25) is 0 Å². The van der Waals surface area contributed by atoms with E-state index in [0.717, 1.165) is 29.2 Å². The van der Waals surface area contributed by atoms with Crippen LogP contribution in [0.4, 0.5) is 26.3 Å². The third-order valence-electron chi connectivity index (χ3n) is 5.90. The number of hydrogen-bond acceptors (Lipinski definition) is 2. The van der Waals surface area contributed by atoms with Crippen molar-refractivity contribution in [3.63, 3.8) is 0 Å². The zero-order chi connectivity index (χ0) is 28.3. The summed E-state index contributed by atoms with van der Waals surface area (Å²) in [5.74, 6) is -2.74. The number of nitrogens with zero attached hydrogens (tertiary/aromatic N) is 1. The molecule has 0 spiro atoms. The molecule has 0 aliphatic carbocycles. The van der Waals surface area contributed by atoms with Crippen molar-refractivity contribution in [2.24, 2.45) is 0 Å². The lowest BCUT2D eigenvalue weighted by atomic mass is 9.95. The van der Waals surface area contributed by atoms with E-state index in [-0.39, 0.29) is 32.8 Å². The molecule has 0 heterocycles. The number of allylic oxidation sites excluding steroid dienone is 1. The molecule has 3 aromatic carbocycles. The zero-order valence-electron chi connectivity index (χ0n) is 20.2. The van der Waals surface area contributed by atoms with Crippen LogP contribution in [0.15, 0.2) is 66.7 Å². The summed E-state index contributed by atoms with van der Waals surface area (Å²) >= 11 is 5.97. The highest BCUT2D eigenvalue weighted by Gasteiger charge is 2.39. The van der Waals surface area contributed by atoms with Gasteiger partial charge >= 0.3 is 12.4 Å². The summed E-state index contributed by atoms with van der Waals surface area (Å²) in [6.45, 7) is 1.19. The fraction of sp³-hybridized carbons (Fsp3) is 0.214. The van der Waals surface area contributed by atoms with Gasteiger partial charge in [-0.15, -0.1) is 0 Å². The van der Waals surface area contributed by atoms with Crippen molar-refractivity contribution in [3.05, 3.63) is 111 Å². The number of rotatable bonds is 7. The van der Waals surface area contributed by atoms with Crippen molar-refractivity contribution in [2.45, 2.75) is 31.7 Å². The summed E-state index contributed by atoms with van der Waals surface area (Å²) in [5, 5.41) is 0.142. The van der Waals surface area contributed by atoms with Gasteiger partial charge in [-0.2, -0.15) is 26.3 Å². The largest absolute Gasteiger partial charge is 0.416 e. The van der Waals surface area contributed by atoms with Crippen LogP contribution >= 0.6 is 11.6 Å². The van der Waals surface area contributed by atoms with Crippen molar-refractivity contribution < 1.29 is 35.9 Å². The van der Waals surface area contributed by atoms with Gasteiger partial charge in [-0.25, -0.2) is 0 Å². The summed E-state index contributed by atoms with van der Waals surface area (Å²) in [6.07, 6.45) is -7.31. The summed E-state index contributed by atoms with van der Waals surface area (Å²) in [6, 6.07) is 12.8. The number of alkyl halides is 6. The summed E-state index contributed by atoms with van der Waals surface area (Å²) in [5.41, 5.74) is -0.885. The first-order valence-electron chi connectivity index (χ1n) is 11.2. The lowest BCUT2D eigenvalue weighted by molar-refractivity contribution is -0.140. The van der Waals surface area contributed by atoms with E-state index in [0.29, 0.717) is 11.8 Å². The van der Waals surface area contributed by atoms with E-state index in [1.54, 1.807) is 13.0 Å². The molecule has 1 amide bonds. The molecule has 0 saturated heterocycles. The average molecular weight is 554 g/mol. The van der Waals surface area contributed by atoms with Crippen molar-refractivity contribution in [2.75, 3.05) is 7.05 Å². The maximum Gasteiger partial charge on any atom is 0.416 e. The Morgan fingerprint density at radius 2 is 1.68 bits per heavy atom. The van der Waals surface area contributed by atoms with E-state index in [2.05, 4.69) is 0 Å². The van der Waals surface area contributed by atoms with Crippen LogP contribution in [-0.4, -0.2) is 30.3 Å². The second-order valence-electron chi connectivity index (χ2n) is 8.67. The van der Waals surface area contributed by atoms with Gasteiger partial charge in [-0.1, -0.05) is 66.2 Å². The number of aldehydes is 1. The van der Waals surface area contributed by atoms with Gasteiger partial charge < -0.3 is 4.90 Å². The molecule has 0 aromatic heterocycles. The highest BCUT2D eigenvalue weighted by molar-refractivity contribution is 6.31. The van der Waals surface area contributed by atoms with Crippen LogP contribution in [0.3, 0.4) is 0 Å². The number of benzene rings is 3. The smallest absolute Gasteiger partial charge is 0.337 e. The molecular formula is C28H22ClF6NO2. The van der Waals surface area contributed by atoms with Gasteiger partial charge in [0.05, 0.1) is 17.0 Å². The Labute approximate surface area is 220 Å². The monoisotopic (exact) mass is 553 g/mol. The quantitative estimate of drug-likeness (QED) is 0.219. The Morgan fingerprint density at radius 3 is 2.29 bits per heavy atom. The average Bonchev–Trinajstić information content (AvgIpc) is 2.85. The molecule has 200 valence electrons. The number of carbonyl (C=O) groups excluding carboxylic acids is 2. The third kappa shape index (κ3) is 6.83. The molecule has 0 bridgehead atoms. The maximum absolute atomic E-state index is 13.9. The van der Waals surface area contributed by atoms with Crippen LogP contribution < -0.4 is 0 Å². The van der Waals surface area contributed by atoms with Gasteiger partial charge in [0.15, 0.2) is 6.29 Å². The number of halogens is 7. The summed E-state index contributed by atoms with van der Waals surface area (Å²) < 4.78 is 82.9. The molecule has 3 rings (SSSR count). The number of amides is 1. The first kappa shape index (κ1) is 29.0. The molecule has 3 aromatic rings. The van der Waals surface area contributed by atoms with E-state index in [1.807, 2.05) is 0 Å². The fourth-order valence-electron chi connectivity index (χ4n) is 3.85. The Balaban J connectivity index is 1.93. The van der Waals surface area contributed by atoms with E-state index < -0.39 is 36.3 Å². The second-order valence-corrected chi connectivity index (χ2v) is 9.07. The van der Waals surface area contributed by atoms with Crippen LogP contribution in [0.25, 0.3) is 6.08 Å². The van der Waals surface area contributed by atoms with Gasteiger partial charge in [0, 0.05) is 24.2 Å². The highest BCUT2D eigenvalue weighted by atomic mass is 35.5. The molecule has 1 atom stereocenters. The van der Waals surface area contributed by atoms with Crippen LogP contribution in [0.2, 0.25) is 5.02 Å². The van der Waals surface area contributed by atoms with Crippen molar-refractivity contribution in [3.8, 4) is 0 Å². The maximum atomic E-state index is 13.9. The first-order valence-corrected chi connectivity index (χ1v) is 11.6. The van der Waals surface area contributed by atoms with E-state index in [1.165, 1.54) is 49.5 Å². The Morgan fingerprint density at radius 1 is 1.00 bits per heavy atom. The fourth-order valence-corrected chi connectivity index (χ4v) is 4.04. The van der Waals surface area contributed by atoms with Gasteiger partial charge in [-0.3, -0.25) is 9.59 Å². The minimum atomic E-state index is -4.84. The lowest BCUT2D eigenvalue weighted by Crippen LogP contribution is -2.28. The van der Waals surface area contributed by atoms with Crippen molar-refractivity contribution in [1.29, 1.82) is 0 Å². The normalized spacial score (nSPS) is 13.0.